The van der Waals surface area contributed by atoms with E-state index in [1.54, 1.807) is 37.4 Å². The molecule has 0 aromatic heterocycles. The molecule has 14 nitrogen and oxygen atoms in total. The molecule has 4 bridgehead atoms. The topological polar surface area (TPSA) is 214 Å². The number of benzene rings is 2. The highest BCUT2D eigenvalue weighted by molar-refractivity contribution is 5.95. The van der Waals surface area contributed by atoms with Gasteiger partial charge in [-0.15, -0.1) is 0 Å². The predicted octanol–water partition coefficient (Wildman–Crippen LogP) is 0.103. The van der Waals surface area contributed by atoms with Gasteiger partial charge in [0.1, 0.15) is 49.4 Å². The van der Waals surface area contributed by atoms with Gasteiger partial charge in [-0.25, -0.2) is 0 Å². The first-order chi connectivity index (χ1) is 22.6. The molecule has 8 N–H and O–H groups in total. The first-order valence-electron chi connectivity index (χ1n) is 15.7. The molecular formula is C33H46N8O6. The normalized spacial score (nSPS) is 17.7. The Balaban J connectivity index is 2.23. The second-order valence-corrected chi connectivity index (χ2v) is 11.2. The molecule has 4 amide bonds. The summed E-state index contributed by atoms with van der Waals surface area (Å²) < 4.78 is 12.0. The molecule has 0 saturated heterocycles. The van der Waals surface area contributed by atoms with E-state index in [1.807, 2.05) is 19.2 Å². The molecule has 2 aromatic carbocycles. The van der Waals surface area contributed by atoms with Crippen molar-refractivity contribution in [2.24, 2.45) is 11.5 Å². The quantitative estimate of drug-likeness (QED) is 0.120. The SMILES string of the molecule is CNCCCCC(=O)N(C)[C@@H]1C(=O)N[C@@H](C)C(=O)N[C@H](C(=O)NCC#N)Cc2ccc(OCCN)c(c2)-c2cc1ccc2OCCN. The molecule has 3 rings (SSSR count). The van der Waals surface area contributed by atoms with Gasteiger partial charge in [-0.1, -0.05) is 12.1 Å². The fourth-order valence-corrected chi connectivity index (χ4v) is 5.23. The summed E-state index contributed by atoms with van der Waals surface area (Å²) in [6.45, 7) is 2.94. The van der Waals surface area contributed by atoms with Crippen LogP contribution in [0.4, 0.5) is 0 Å². The molecule has 0 fully saturated rings. The molecule has 0 saturated carbocycles. The second-order valence-electron chi connectivity index (χ2n) is 11.2. The maximum Gasteiger partial charge on any atom is 0.248 e. The zero-order valence-corrected chi connectivity index (χ0v) is 27.3. The summed E-state index contributed by atoms with van der Waals surface area (Å²) >= 11 is 0. The van der Waals surface area contributed by atoms with Crippen molar-refractivity contribution < 1.29 is 28.7 Å². The van der Waals surface area contributed by atoms with Crippen LogP contribution in [0.15, 0.2) is 36.4 Å². The maximum absolute atomic E-state index is 14.0. The molecule has 0 aliphatic carbocycles. The number of carbonyl (C=O) groups excluding carboxylic acids is 4. The van der Waals surface area contributed by atoms with Gasteiger partial charge in [-0.05, 0) is 68.8 Å². The molecular weight excluding hydrogens is 604 g/mol. The van der Waals surface area contributed by atoms with Crippen LogP contribution in [0.1, 0.15) is 43.4 Å². The molecule has 3 atom stereocenters. The summed E-state index contributed by atoms with van der Waals surface area (Å²) in [5.74, 6) is -1.07. The van der Waals surface area contributed by atoms with E-state index in [2.05, 4.69) is 21.3 Å². The van der Waals surface area contributed by atoms with Crippen molar-refractivity contribution in [3.63, 3.8) is 0 Å². The fourth-order valence-electron chi connectivity index (χ4n) is 5.23. The number of nitriles is 1. The van der Waals surface area contributed by atoms with Crippen LogP contribution in [0.3, 0.4) is 0 Å². The number of nitrogens with zero attached hydrogens (tertiary/aromatic N) is 2. The van der Waals surface area contributed by atoms with Crippen LogP contribution in [0.25, 0.3) is 11.1 Å². The van der Waals surface area contributed by atoms with E-state index in [0.29, 0.717) is 40.2 Å². The Morgan fingerprint density at radius 1 is 1.00 bits per heavy atom. The number of carbonyl (C=O) groups is 4. The zero-order valence-electron chi connectivity index (χ0n) is 27.3. The minimum atomic E-state index is -1.11. The van der Waals surface area contributed by atoms with Crippen LogP contribution in [0.2, 0.25) is 0 Å². The Labute approximate surface area is 275 Å². The number of fused-ring (bicyclic) bond motifs is 5. The number of nitrogens with one attached hydrogen (secondary N) is 4. The van der Waals surface area contributed by atoms with Crippen LogP contribution in [-0.4, -0.2) is 94.1 Å². The largest absolute Gasteiger partial charge is 0.492 e. The summed E-state index contributed by atoms with van der Waals surface area (Å²) in [7, 11) is 3.40. The summed E-state index contributed by atoms with van der Waals surface area (Å²) in [6, 6.07) is 9.14. The number of nitrogens with two attached hydrogens (primary N) is 2. The second kappa shape index (κ2) is 18.4. The Bertz CT molecular complexity index is 1440. The lowest BCUT2D eigenvalue weighted by atomic mass is 9.93. The lowest BCUT2D eigenvalue weighted by molar-refractivity contribution is -0.140. The van der Waals surface area contributed by atoms with Crippen molar-refractivity contribution in [3.05, 3.63) is 47.5 Å². The number of likely N-dealkylation sites (N-methyl/N-ethyl adjacent to an activating group) is 1. The molecule has 0 unspecified atom stereocenters. The Morgan fingerprint density at radius 2 is 1.66 bits per heavy atom. The molecule has 1 heterocycles. The monoisotopic (exact) mass is 650 g/mol. The minimum Gasteiger partial charge on any atom is -0.492 e. The molecule has 47 heavy (non-hydrogen) atoms. The fraction of sp³-hybridized carbons (Fsp3) is 0.485. The van der Waals surface area contributed by atoms with Crippen molar-refractivity contribution in [3.8, 4) is 28.7 Å². The number of unbranched alkanes of at least 4 members (excludes halogenated alkanes) is 1. The van der Waals surface area contributed by atoms with Gasteiger partial charge in [0.05, 0.1) is 6.07 Å². The summed E-state index contributed by atoms with van der Waals surface area (Å²) in [4.78, 5) is 55.2. The standard InChI is InChI=1S/C33H46N8O6/c1-21-31(43)40-26(32(44)38-15-11-34)19-22-7-9-27(46-16-12-35)24(18-22)25-20-23(8-10-28(25)47-17-13-36)30(33(45)39-21)41(3)29(42)6-4-5-14-37-2/h7-10,18,20-21,26,30,37H,4-6,12-17,19,35-36H2,1-3H3,(H,38,44)(H,39,45)(H,40,43)/t21-,26-,30-/m0/s1. The van der Waals surface area contributed by atoms with Crippen LogP contribution in [-0.2, 0) is 25.6 Å². The molecule has 1 aliphatic heterocycles. The van der Waals surface area contributed by atoms with Crippen molar-refractivity contribution in [1.29, 1.82) is 5.26 Å². The van der Waals surface area contributed by atoms with Gasteiger partial charge in [0, 0.05) is 44.1 Å². The van der Waals surface area contributed by atoms with Crippen molar-refractivity contribution in [2.75, 3.05) is 53.5 Å². The summed E-state index contributed by atoms with van der Waals surface area (Å²) in [5, 5.41) is 20.0. The van der Waals surface area contributed by atoms with E-state index in [-0.39, 0.29) is 51.6 Å². The molecule has 14 heteroatoms. The van der Waals surface area contributed by atoms with Crippen LogP contribution in [0.5, 0.6) is 11.5 Å². The van der Waals surface area contributed by atoms with E-state index >= 15 is 0 Å². The van der Waals surface area contributed by atoms with Crippen LogP contribution >= 0.6 is 0 Å². The summed E-state index contributed by atoms with van der Waals surface area (Å²) in [6.07, 6.45) is 1.70. The highest BCUT2D eigenvalue weighted by Crippen LogP contribution is 2.40. The van der Waals surface area contributed by atoms with Crippen LogP contribution in [0, 0.1) is 11.3 Å². The number of hydrogen-bond donors (Lipinski definition) is 6. The Kier molecular flexibility index (Phi) is 14.4. The third kappa shape index (κ3) is 10.1. The van der Waals surface area contributed by atoms with Gasteiger partial charge >= 0.3 is 0 Å². The molecule has 2 aromatic rings. The molecule has 0 radical (unpaired) electrons. The average Bonchev–Trinajstić information content (AvgIpc) is 3.06. The van der Waals surface area contributed by atoms with Crippen LogP contribution < -0.4 is 42.2 Å². The van der Waals surface area contributed by atoms with E-state index in [9.17, 15) is 19.2 Å². The molecule has 1 aliphatic rings. The Hall–Kier alpha value is -4.71. The van der Waals surface area contributed by atoms with Crippen molar-refractivity contribution in [2.45, 2.75) is 50.7 Å². The zero-order chi connectivity index (χ0) is 34.3. The third-order valence-corrected chi connectivity index (χ3v) is 7.67. The number of amides is 4. The highest BCUT2D eigenvalue weighted by atomic mass is 16.5. The Morgan fingerprint density at radius 3 is 2.30 bits per heavy atom. The minimum absolute atomic E-state index is 0.0694. The highest BCUT2D eigenvalue weighted by Gasteiger charge is 2.33. The van der Waals surface area contributed by atoms with Gasteiger partial charge in [0.2, 0.25) is 23.6 Å². The van der Waals surface area contributed by atoms with Gasteiger partial charge in [-0.3, -0.25) is 19.2 Å². The first-order valence-corrected chi connectivity index (χ1v) is 15.7. The van der Waals surface area contributed by atoms with E-state index in [4.69, 9.17) is 26.2 Å². The molecule has 0 spiro atoms. The number of ether oxygens (including phenoxy) is 2. The lowest BCUT2D eigenvalue weighted by Gasteiger charge is -2.30. The maximum atomic E-state index is 14.0. The van der Waals surface area contributed by atoms with Gasteiger partial charge in [0.15, 0.2) is 0 Å². The number of hydrogen-bond acceptors (Lipinski definition) is 10. The summed E-state index contributed by atoms with van der Waals surface area (Å²) in [5.41, 5.74) is 13.8. The van der Waals surface area contributed by atoms with E-state index in [1.165, 1.54) is 11.8 Å². The van der Waals surface area contributed by atoms with E-state index in [0.717, 1.165) is 13.0 Å². The predicted molar refractivity (Wildman–Crippen MR) is 176 cm³/mol. The third-order valence-electron chi connectivity index (χ3n) is 7.67. The van der Waals surface area contributed by atoms with Crippen molar-refractivity contribution in [1.82, 2.24) is 26.2 Å². The lowest BCUT2D eigenvalue weighted by Crippen LogP contribution is -2.55. The number of rotatable bonds is 14. The smallest absolute Gasteiger partial charge is 0.248 e. The van der Waals surface area contributed by atoms with E-state index < -0.39 is 35.8 Å². The average molecular weight is 651 g/mol. The molecule has 254 valence electrons. The first kappa shape index (κ1) is 36.8. The van der Waals surface area contributed by atoms with Gasteiger partial charge in [0.25, 0.3) is 0 Å². The van der Waals surface area contributed by atoms with Gasteiger partial charge in [-0.2, -0.15) is 5.26 Å². The van der Waals surface area contributed by atoms with Crippen molar-refractivity contribution >= 4 is 23.6 Å². The van der Waals surface area contributed by atoms with Gasteiger partial charge < -0.3 is 47.1 Å².